The van der Waals surface area contributed by atoms with Gasteiger partial charge in [0.25, 0.3) is 0 Å². The summed E-state index contributed by atoms with van der Waals surface area (Å²) < 4.78 is 0. The molecule has 0 atom stereocenters. The number of amides is 2. The highest BCUT2D eigenvalue weighted by molar-refractivity contribution is 5.98. The Hall–Kier alpha value is -3.93. The van der Waals surface area contributed by atoms with Gasteiger partial charge in [0.15, 0.2) is 0 Å². The van der Waals surface area contributed by atoms with Crippen LogP contribution >= 0.6 is 0 Å². The van der Waals surface area contributed by atoms with Crippen molar-refractivity contribution in [1.82, 2.24) is 0 Å². The molecule has 3 aromatic rings. The smallest absolute Gasteiger partial charge is 0.228 e. The molecule has 6 heteroatoms. The van der Waals surface area contributed by atoms with Gasteiger partial charge in [-0.3, -0.25) is 9.59 Å². The summed E-state index contributed by atoms with van der Waals surface area (Å²) in [4.78, 5) is 35.9. The minimum atomic E-state index is -1.40. The summed E-state index contributed by atoms with van der Waals surface area (Å²) in [6.45, 7) is 0. The van der Waals surface area contributed by atoms with Crippen LogP contribution in [0.1, 0.15) is 21.5 Å². The van der Waals surface area contributed by atoms with Gasteiger partial charge in [0.1, 0.15) is 0 Å². The number of hydrogen-bond donors (Lipinski definition) is 2. The van der Waals surface area contributed by atoms with Crippen molar-refractivity contribution in [2.24, 2.45) is 0 Å². The highest BCUT2D eigenvalue weighted by Crippen LogP contribution is 2.20. The monoisotopic (exact) mass is 387 g/mol. The van der Waals surface area contributed by atoms with E-state index in [0.717, 1.165) is 11.1 Å². The lowest BCUT2D eigenvalue weighted by atomic mass is 10.1. The molecule has 0 heterocycles. The van der Waals surface area contributed by atoms with Crippen LogP contribution in [0.15, 0.2) is 78.9 Å². The molecule has 0 radical (unpaired) electrons. The van der Waals surface area contributed by atoms with E-state index in [9.17, 15) is 19.5 Å². The first kappa shape index (κ1) is 19.8. The van der Waals surface area contributed by atoms with Crippen LogP contribution in [0.3, 0.4) is 0 Å². The van der Waals surface area contributed by atoms with E-state index in [0.29, 0.717) is 0 Å². The number of rotatable bonds is 7. The molecule has 0 unspecified atom stereocenters. The average molecular weight is 387 g/mol. The van der Waals surface area contributed by atoms with Crippen molar-refractivity contribution in [3.63, 3.8) is 0 Å². The molecule has 146 valence electrons. The van der Waals surface area contributed by atoms with E-state index in [-0.39, 0.29) is 41.6 Å². The Morgan fingerprint density at radius 3 is 1.45 bits per heavy atom. The number of carbonyl (C=O) groups is 3. The van der Waals surface area contributed by atoms with E-state index in [1.54, 1.807) is 0 Å². The molecule has 2 amide bonds. The summed E-state index contributed by atoms with van der Waals surface area (Å²) in [5.74, 6) is -2.00. The molecule has 0 aliphatic rings. The second-order valence-electron chi connectivity index (χ2n) is 6.51. The Balaban J connectivity index is 1.72. The zero-order chi connectivity index (χ0) is 20.6. The van der Waals surface area contributed by atoms with Crippen LogP contribution in [0.5, 0.6) is 0 Å². The van der Waals surface area contributed by atoms with E-state index in [2.05, 4.69) is 10.6 Å². The normalized spacial score (nSPS) is 10.2. The number of benzene rings is 3. The van der Waals surface area contributed by atoms with E-state index in [1.807, 2.05) is 60.7 Å². The van der Waals surface area contributed by atoms with Crippen LogP contribution in [0, 0.1) is 0 Å². The maximum absolute atomic E-state index is 12.3. The molecule has 0 bridgehead atoms. The summed E-state index contributed by atoms with van der Waals surface area (Å²) in [7, 11) is 0. The van der Waals surface area contributed by atoms with Gasteiger partial charge < -0.3 is 20.5 Å². The fourth-order valence-corrected chi connectivity index (χ4v) is 2.86. The highest BCUT2D eigenvalue weighted by atomic mass is 16.4. The molecule has 0 aromatic heterocycles. The number of hydrogen-bond acceptors (Lipinski definition) is 4. The van der Waals surface area contributed by atoms with Gasteiger partial charge in [-0.1, -0.05) is 60.7 Å². The van der Waals surface area contributed by atoms with Gasteiger partial charge in [0.2, 0.25) is 11.8 Å². The number of anilines is 2. The lowest BCUT2D eigenvalue weighted by molar-refractivity contribution is -0.255. The quantitative estimate of drug-likeness (QED) is 0.650. The van der Waals surface area contributed by atoms with Crippen molar-refractivity contribution >= 4 is 29.2 Å². The Morgan fingerprint density at radius 1 is 0.655 bits per heavy atom. The van der Waals surface area contributed by atoms with Gasteiger partial charge in [-0.25, -0.2) is 0 Å². The summed E-state index contributed by atoms with van der Waals surface area (Å²) in [5, 5.41) is 16.7. The minimum absolute atomic E-state index is 0.141. The molecule has 3 rings (SSSR count). The number of nitrogens with one attached hydrogen (secondary N) is 2. The molecule has 0 aliphatic carbocycles. The van der Waals surface area contributed by atoms with Gasteiger partial charge >= 0.3 is 0 Å². The molecular formula is C23H19N2O4-. The minimum Gasteiger partial charge on any atom is -0.545 e. The van der Waals surface area contributed by atoms with Crippen LogP contribution < -0.4 is 15.7 Å². The predicted octanol–water partition coefficient (Wildman–Crippen LogP) is 2.41. The lowest BCUT2D eigenvalue weighted by Crippen LogP contribution is -2.23. The molecule has 0 spiro atoms. The molecule has 29 heavy (non-hydrogen) atoms. The topological polar surface area (TPSA) is 98.3 Å². The highest BCUT2D eigenvalue weighted by Gasteiger charge is 2.10. The number of carboxylic acids is 1. The summed E-state index contributed by atoms with van der Waals surface area (Å²) in [6.07, 6.45) is 0.290. The lowest BCUT2D eigenvalue weighted by Gasteiger charge is -2.13. The fraction of sp³-hybridized carbons (Fsp3) is 0.0870. The zero-order valence-corrected chi connectivity index (χ0v) is 15.6. The maximum atomic E-state index is 12.3. The third-order valence-corrected chi connectivity index (χ3v) is 4.15. The van der Waals surface area contributed by atoms with Crippen molar-refractivity contribution in [1.29, 1.82) is 0 Å². The van der Waals surface area contributed by atoms with E-state index < -0.39 is 5.97 Å². The van der Waals surface area contributed by atoms with Gasteiger partial charge in [-0.2, -0.15) is 0 Å². The van der Waals surface area contributed by atoms with Gasteiger partial charge in [-0.05, 0) is 29.3 Å². The van der Waals surface area contributed by atoms with E-state index in [4.69, 9.17) is 0 Å². The molecule has 0 aliphatic heterocycles. The fourth-order valence-electron chi connectivity index (χ4n) is 2.86. The maximum Gasteiger partial charge on any atom is 0.228 e. The number of carboxylic acid groups (broad SMARTS) is 1. The third kappa shape index (κ3) is 6.04. The van der Waals surface area contributed by atoms with Crippen molar-refractivity contribution in [2.75, 3.05) is 10.6 Å². The van der Waals surface area contributed by atoms with Gasteiger partial charge in [0.05, 0.1) is 18.8 Å². The number of carbonyl (C=O) groups excluding carboxylic acids is 3. The predicted molar refractivity (Wildman–Crippen MR) is 108 cm³/mol. The largest absolute Gasteiger partial charge is 0.545 e. The molecule has 3 aromatic carbocycles. The SMILES string of the molecule is O=C(Cc1ccccc1)Nc1cc(NC(=O)Cc2ccccc2)cc(C(=O)[O-])c1. The Bertz CT molecular complexity index is 944. The van der Waals surface area contributed by atoms with Crippen molar-refractivity contribution in [3.8, 4) is 0 Å². The Kier molecular flexibility index (Phi) is 6.37. The van der Waals surface area contributed by atoms with Crippen LogP contribution in [0.4, 0.5) is 11.4 Å². The van der Waals surface area contributed by atoms with Crippen molar-refractivity contribution < 1.29 is 19.5 Å². The summed E-state index contributed by atoms with van der Waals surface area (Å²) in [5.41, 5.74) is 2.05. The van der Waals surface area contributed by atoms with Crippen LogP contribution in [-0.4, -0.2) is 17.8 Å². The van der Waals surface area contributed by atoms with Crippen LogP contribution in [-0.2, 0) is 22.4 Å². The van der Waals surface area contributed by atoms with Gasteiger partial charge in [0, 0.05) is 16.9 Å². The first-order chi connectivity index (χ1) is 14.0. The Morgan fingerprint density at radius 2 is 1.07 bits per heavy atom. The van der Waals surface area contributed by atoms with E-state index in [1.165, 1.54) is 18.2 Å². The third-order valence-electron chi connectivity index (χ3n) is 4.15. The number of aromatic carboxylic acids is 1. The molecule has 0 saturated heterocycles. The summed E-state index contributed by atoms with van der Waals surface area (Å²) in [6, 6.07) is 22.5. The van der Waals surface area contributed by atoms with Crippen LogP contribution in [0.25, 0.3) is 0 Å². The summed E-state index contributed by atoms with van der Waals surface area (Å²) >= 11 is 0. The van der Waals surface area contributed by atoms with Crippen molar-refractivity contribution in [2.45, 2.75) is 12.8 Å². The molecular weight excluding hydrogens is 368 g/mol. The standard InChI is InChI=1S/C23H20N2O4/c26-21(11-16-7-3-1-4-8-16)24-19-13-18(23(28)29)14-20(15-19)25-22(27)12-17-9-5-2-6-10-17/h1-10,13-15H,11-12H2,(H,24,26)(H,25,27)(H,28,29)/p-1. The van der Waals surface area contributed by atoms with Gasteiger partial charge in [-0.15, -0.1) is 0 Å². The molecule has 0 fully saturated rings. The molecule has 6 nitrogen and oxygen atoms in total. The average Bonchev–Trinajstić information content (AvgIpc) is 2.69. The Labute approximate surface area is 168 Å². The molecule has 2 N–H and O–H groups in total. The van der Waals surface area contributed by atoms with Crippen molar-refractivity contribution in [3.05, 3.63) is 95.6 Å². The second kappa shape index (κ2) is 9.32. The van der Waals surface area contributed by atoms with E-state index >= 15 is 0 Å². The second-order valence-corrected chi connectivity index (χ2v) is 6.51. The first-order valence-electron chi connectivity index (χ1n) is 9.03. The zero-order valence-electron chi connectivity index (χ0n) is 15.6. The molecule has 0 saturated carbocycles. The first-order valence-corrected chi connectivity index (χ1v) is 9.03. The van der Waals surface area contributed by atoms with Crippen LogP contribution in [0.2, 0.25) is 0 Å².